The first-order chi connectivity index (χ1) is 11.2. The number of hydrogen-bond acceptors (Lipinski definition) is 5. The molecule has 5 heteroatoms. The minimum atomic E-state index is 0.286. The highest BCUT2D eigenvalue weighted by Gasteiger charge is 2.49. The van der Waals surface area contributed by atoms with Gasteiger partial charge in [0.2, 0.25) is 5.88 Å². The third-order valence-corrected chi connectivity index (χ3v) is 6.03. The van der Waals surface area contributed by atoms with Crippen LogP contribution in [0.5, 0.6) is 5.88 Å². The molecule has 4 heterocycles. The van der Waals surface area contributed by atoms with Gasteiger partial charge in [-0.15, -0.1) is 11.8 Å². The Morgan fingerprint density at radius 2 is 2.17 bits per heavy atom. The lowest BCUT2D eigenvalue weighted by molar-refractivity contribution is 0.0897. The van der Waals surface area contributed by atoms with Crippen molar-refractivity contribution < 1.29 is 4.74 Å². The van der Waals surface area contributed by atoms with Gasteiger partial charge in [-0.25, -0.2) is 4.98 Å². The molecule has 0 aliphatic carbocycles. The van der Waals surface area contributed by atoms with Crippen molar-refractivity contribution in [1.82, 2.24) is 14.9 Å². The van der Waals surface area contributed by atoms with Gasteiger partial charge in [0.1, 0.15) is 6.10 Å². The van der Waals surface area contributed by atoms with Gasteiger partial charge in [0.15, 0.2) is 0 Å². The summed E-state index contributed by atoms with van der Waals surface area (Å²) in [5.41, 5.74) is 2.26. The van der Waals surface area contributed by atoms with Gasteiger partial charge in [-0.2, -0.15) is 0 Å². The SMILES string of the molecule is Cc1cccc(CN2CC3(C[C@@H](Oc4ccccn4)CS3)C2)n1. The number of aromatic nitrogens is 2. The monoisotopic (exact) mass is 327 g/mol. The van der Waals surface area contributed by atoms with Gasteiger partial charge in [0.05, 0.1) is 5.69 Å². The fourth-order valence-electron chi connectivity index (χ4n) is 3.48. The smallest absolute Gasteiger partial charge is 0.213 e. The van der Waals surface area contributed by atoms with Crippen LogP contribution in [0.3, 0.4) is 0 Å². The highest BCUT2D eigenvalue weighted by molar-refractivity contribution is 8.01. The lowest BCUT2D eigenvalue weighted by Crippen LogP contribution is -2.58. The van der Waals surface area contributed by atoms with E-state index in [-0.39, 0.29) is 6.10 Å². The Morgan fingerprint density at radius 3 is 2.96 bits per heavy atom. The molecule has 0 radical (unpaired) electrons. The summed E-state index contributed by atoms with van der Waals surface area (Å²) in [4.78, 5) is 11.3. The third-order valence-electron chi connectivity index (χ3n) is 4.46. The van der Waals surface area contributed by atoms with Crippen molar-refractivity contribution in [2.75, 3.05) is 18.8 Å². The predicted molar refractivity (Wildman–Crippen MR) is 92.7 cm³/mol. The van der Waals surface area contributed by atoms with Gasteiger partial charge in [-0.1, -0.05) is 12.1 Å². The van der Waals surface area contributed by atoms with E-state index in [1.54, 1.807) is 6.20 Å². The van der Waals surface area contributed by atoms with E-state index < -0.39 is 0 Å². The lowest BCUT2D eigenvalue weighted by atomic mass is 9.93. The van der Waals surface area contributed by atoms with Crippen molar-refractivity contribution in [3.05, 3.63) is 54.0 Å². The van der Waals surface area contributed by atoms with E-state index >= 15 is 0 Å². The van der Waals surface area contributed by atoms with Crippen LogP contribution in [0.25, 0.3) is 0 Å². The normalized spacial score (nSPS) is 22.9. The van der Waals surface area contributed by atoms with Gasteiger partial charge in [0.25, 0.3) is 0 Å². The van der Waals surface area contributed by atoms with E-state index in [2.05, 4.69) is 38.8 Å². The molecule has 0 unspecified atom stereocenters. The van der Waals surface area contributed by atoms with Crippen LogP contribution < -0.4 is 4.74 Å². The zero-order valence-electron chi connectivity index (χ0n) is 13.3. The summed E-state index contributed by atoms with van der Waals surface area (Å²) in [6.45, 7) is 5.27. The number of likely N-dealkylation sites (tertiary alicyclic amines) is 1. The summed E-state index contributed by atoms with van der Waals surface area (Å²) in [6, 6.07) is 12.1. The molecule has 0 aromatic carbocycles. The summed E-state index contributed by atoms with van der Waals surface area (Å²) >= 11 is 2.06. The molecule has 2 fully saturated rings. The summed E-state index contributed by atoms with van der Waals surface area (Å²) < 4.78 is 6.39. The molecule has 1 spiro atoms. The molecule has 0 saturated carbocycles. The van der Waals surface area contributed by atoms with Crippen LogP contribution in [-0.4, -0.2) is 44.6 Å². The average Bonchev–Trinajstić information content (AvgIpc) is 2.92. The highest BCUT2D eigenvalue weighted by atomic mass is 32.2. The standard InChI is InChI=1S/C18H21N3OS/c1-14-5-4-6-15(20-14)10-21-12-18(13-21)9-16(11-23-18)22-17-7-2-3-8-19-17/h2-8,16H,9-13H2,1H3/t16-/m1/s1. The second-order valence-corrected chi connectivity index (χ2v) is 8.01. The number of rotatable bonds is 4. The first kappa shape index (κ1) is 15.0. The molecule has 0 N–H and O–H groups in total. The summed E-state index contributed by atoms with van der Waals surface area (Å²) in [6.07, 6.45) is 3.19. The summed E-state index contributed by atoms with van der Waals surface area (Å²) in [5, 5.41) is 0. The number of pyridine rings is 2. The van der Waals surface area contributed by atoms with E-state index in [0.29, 0.717) is 4.75 Å². The molecule has 0 amide bonds. The fraction of sp³-hybridized carbons (Fsp3) is 0.444. The van der Waals surface area contributed by atoms with E-state index in [4.69, 9.17) is 4.74 Å². The number of hydrogen-bond donors (Lipinski definition) is 0. The molecule has 2 aromatic rings. The van der Waals surface area contributed by atoms with E-state index in [0.717, 1.165) is 43.4 Å². The quantitative estimate of drug-likeness (QED) is 0.863. The number of thioether (sulfide) groups is 1. The molecule has 1 atom stereocenters. The average molecular weight is 327 g/mol. The second kappa shape index (κ2) is 6.13. The Morgan fingerprint density at radius 1 is 1.26 bits per heavy atom. The highest BCUT2D eigenvalue weighted by Crippen LogP contribution is 2.46. The van der Waals surface area contributed by atoms with Crippen LogP contribution in [0.15, 0.2) is 42.6 Å². The minimum Gasteiger partial charge on any atom is -0.473 e. The van der Waals surface area contributed by atoms with Crippen molar-refractivity contribution in [2.45, 2.75) is 30.7 Å². The van der Waals surface area contributed by atoms with E-state index in [1.165, 1.54) is 5.69 Å². The van der Waals surface area contributed by atoms with Crippen LogP contribution in [0.2, 0.25) is 0 Å². The third kappa shape index (κ3) is 3.35. The van der Waals surface area contributed by atoms with Gasteiger partial charge >= 0.3 is 0 Å². The van der Waals surface area contributed by atoms with Crippen molar-refractivity contribution >= 4 is 11.8 Å². The maximum Gasteiger partial charge on any atom is 0.213 e. The lowest BCUT2D eigenvalue weighted by Gasteiger charge is -2.47. The minimum absolute atomic E-state index is 0.286. The molecule has 0 bridgehead atoms. The molecule has 2 aromatic heterocycles. The van der Waals surface area contributed by atoms with Crippen molar-refractivity contribution in [3.63, 3.8) is 0 Å². The zero-order chi connectivity index (χ0) is 15.7. The number of aryl methyl sites for hydroxylation is 1. The molecule has 4 rings (SSSR count). The summed E-state index contributed by atoms with van der Waals surface area (Å²) in [5.74, 6) is 1.81. The van der Waals surface area contributed by atoms with Crippen LogP contribution in [-0.2, 0) is 6.54 Å². The molecular weight excluding hydrogens is 306 g/mol. The van der Waals surface area contributed by atoms with Crippen molar-refractivity contribution in [3.8, 4) is 5.88 Å². The Kier molecular flexibility index (Phi) is 3.99. The van der Waals surface area contributed by atoms with Gasteiger partial charge in [0, 0.05) is 54.5 Å². The van der Waals surface area contributed by atoms with Crippen LogP contribution in [0.4, 0.5) is 0 Å². The molecule has 2 aliphatic rings. The van der Waals surface area contributed by atoms with Crippen LogP contribution in [0, 0.1) is 6.92 Å². The molecule has 4 nitrogen and oxygen atoms in total. The van der Waals surface area contributed by atoms with Crippen LogP contribution >= 0.6 is 11.8 Å². The molecule has 23 heavy (non-hydrogen) atoms. The van der Waals surface area contributed by atoms with E-state index in [1.807, 2.05) is 31.2 Å². The second-order valence-electron chi connectivity index (χ2n) is 6.52. The molecular formula is C18H21N3OS. The molecule has 2 saturated heterocycles. The predicted octanol–water partition coefficient (Wildman–Crippen LogP) is 2.92. The first-order valence-electron chi connectivity index (χ1n) is 8.07. The fourth-order valence-corrected chi connectivity index (χ4v) is 5.06. The first-order valence-corrected chi connectivity index (χ1v) is 9.06. The maximum absolute atomic E-state index is 6.01. The largest absolute Gasteiger partial charge is 0.473 e. The zero-order valence-corrected chi connectivity index (χ0v) is 14.1. The Balaban J connectivity index is 1.29. The van der Waals surface area contributed by atoms with Gasteiger partial charge < -0.3 is 4.74 Å². The molecule has 2 aliphatic heterocycles. The van der Waals surface area contributed by atoms with Crippen LogP contribution in [0.1, 0.15) is 17.8 Å². The van der Waals surface area contributed by atoms with E-state index in [9.17, 15) is 0 Å². The Bertz CT molecular complexity index is 673. The van der Waals surface area contributed by atoms with Crippen molar-refractivity contribution in [1.29, 1.82) is 0 Å². The topological polar surface area (TPSA) is 38.2 Å². The Labute approximate surface area is 141 Å². The summed E-state index contributed by atoms with van der Waals surface area (Å²) in [7, 11) is 0. The molecule has 120 valence electrons. The van der Waals surface area contributed by atoms with Gasteiger partial charge in [-0.3, -0.25) is 9.88 Å². The van der Waals surface area contributed by atoms with Crippen molar-refractivity contribution in [2.24, 2.45) is 0 Å². The number of ether oxygens (including phenoxy) is 1. The maximum atomic E-state index is 6.01. The number of nitrogens with zero attached hydrogens (tertiary/aromatic N) is 3. The van der Waals surface area contributed by atoms with Gasteiger partial charge in [-0.05, 0) is 25.1 Å². The Hall–Kier alpha value is -1.59.